The van der Waals surface area contributed by atoms with E-state index in [-0.39, 0.29) is 36.2 Å². The molecule has 156 valence electrons. The monoisotopic (exact) mass is 425 g/mol. The molecule has 7 heteroatoms. The molecule has 0 bridgehead atoms. The van der Waals surface area contributed by atoms with E-state index >= 15 is 0 Å². The van der Waals surface area contributed by atoms with E-state index in [4.69, 9.17) is 5.73 Å². The molecule has 5 nitrogen and oxygen atoms in total. The van der Waals surface area contributed by atoms with Gasteiger partial charge < -0.3 is 15.5 Å². The molecule has 1 aromatic rings. The molecule has 1 aromatic carbocycles. The van der Waals surface area contributed by atoms with Gasteiger partial charge in [0.05, 0.1) is 11.5 Å². The molecular weight excluding hydrogens is 394 g/mol. The van der Waals surface area contributed by atoms with Crippen LogP contribution in [0.3, 0.4) is 0 Å². The van der Waals surface area contributed by atoms with Crippen molar-refractivity contribution in [1.29, 1.82) is 0 Å². The summed E-state index contributed by atoms with van der Waals surface area (Å²) in [6.45, 7) is 1.26. The van der Waals surface area contributed by atoms with Gasteiger partial charge in [0.15, 0.2) is 0 Å². The van der Waals surface area contributed by atoms with E-state index in [9.17, 15) is 9.59 Å². The molecular formula is C21H32ClN3O2S. The Morgan fingerprint density at radius 3 is 2.46 bits per heavy atom. The van der Waals surface area contributed by atoms with Gasteiger partial charge in [0.25, 0.3) is 0 Å². The molecule has 28 heavy (non-hydrogen) atoms. The maximum absolute atomic E-state index is 12.5. The van der Waals surface area contributed by atoms with E-state index in [1.807, 2.05) is 35.0 Å². The highest BCUT2D eigenvalue weighted by Crippen LogP contribution is 2.27. The number of nitrogens with two attached hydrogens (primary N) is 1. The molecule has 1 saturated heterocycles. The normalized spacial score (nSPS) is 22.6. The molecule has 0 spiro atoms. The van der Waals surface area contributed by atoms with E-state index in [1.54, 1.807) is 0 Å². The Balaban J connectivity index is 0.00000280. The summed E-state index contributed by atoms with van der Waals surface area (Å²) in [5, 5.41) is 0. The number of nitrogens with zero attached hydrogens (tertiary/aromatic N) is 2. The number of hydrogen-bond donors (Lipinski definition) is 1. The lowest BCUT2D eigenvalue weighted by molar-refractivity contribution is -0.129. The van der Waals surface area contributed by atoms with Crippen molar-refractivity contribution in [3.8, 4) is 0 Å². The first-order valence-electron chi connectivity index (χ1n) is 9.98. The molecule has 2 atom stereocenters. The van der Waals surface area contributed by atoms with Crippen LogP contribution in [0.25, 0.3) is 0 Å². The summed E-state index contributed by atoms with van der Waals surface area (Å²) in [5.41, 5.74) is 7.47. The van der Waals surface area contributed by atoms with Crippen LogP contribution in [0.2, 0.25) is 0 Å². The third kappa shape index (κ3) is 5.88. The Labute approximate surface area is 178 Å². The number of rotatable bonds is 6. The lowest BCUT2D eigenvalue weighted by atomic mass is 9.94. The molecule has 2 aliphatic rings. The zero-order valence-corrected chi connectivity index (χ0v) is 18.2. The van der Waals surface area contributed by atoms with Gasteiger partial charge in [-0.15, -0.1) is 24.2 Å². The molecule has 1 aliphatic heterocycles. The molecule has 2 fully saturated rings. The lowest BCUT2D eigenvalue weighted by Gasteiger charge is -2.31. The second-order valence-electron chi connectivity index (χ2n) is 7.77. The molecule has 1 aliphatic carbocycles. The van der Waals surface area contributed by atoms with Crippen LogP contribution >= 0.6 is 24.2 Å². The summed E-state index contributed by atoms with van der Waals surface area (Å²) >= 11 is 1.42. The molecule has 2 amide bonds. The smallest absolute Gasteiger partial charge is 0.232 e. The fraction of sp³-hybridized carbons (Fsp3) is 0.619. The van der Waals surface area contributed by atoms with Crippen LogP contribution in [-0.4, -0.2) is 65.3 Å². The van der Waals surface area contributed by atoms with Crippen LogP contribution in [0.5, 0.6) is 0 Å². The van der Waals surface area contributed by atoms with Gasteiger partial charge >= 0.3 is 0 Å². The summed E-state index contributed by atoms with van der Waals surface area (Å²) in [5.74, 6) is 1.14. The van der Waals surface area contributed by atoms with Crippen molar-refractivity contribution in [2.45, 2.75) is 50.1 Å². The first kappa shape index (κ1) is 23.0. The Kier molecular flexibility index (Phi) is 9.12. The lowest BCUT2D eigenvalue weighted by Crippen LogP contribution is -2.39. The van der Waals surface area contributed by atoms with Crippen LogP contribution in [0.15, 0.2) is 30.3 Å². The van der Waals surface area contributed by atoms with Crippen LogP contribution in [0.4, 0.5) is 0 Å². The highest BCUT2D eigenvalue weighted by atomic mass is 35.5. The van der Waals surface area contributed by atoms with Crippen LogP contribution in [0, 0.1) is 0 Å². The zero-order chi connectivity index (χ0) is 19.2. The number of thioether (sulfide) groups is 1. The highest BCUT2D eigenvalue weighted by molar-refractivity contribution is 8.00. The van der Waals surface area contributed by atoms with E-state index in [0.29, 0.717) is 30.6 Å². The standard InChI is InChI=1S/C21H31N3O2S.ClH/c1-23(17-10-6-3-7-11-17)20(25)14-27-15-21(26)24-12-18(19(22)13-24)16-8-4-2-5-9-16;/h2,4-5,8-9,17-19H,3,6-7,10-15,22H2,1H3;1H/t18-,19+;/m0./s1. The molecule has 1 heterocycles. The summed E-state index contributed by atoms with van der Waals surface area (Å²) in [6, 6.07) is 10.5. The van der Waals surface area contributed by atoms with Gasteiger partial charge in [0.2, 0.25) is 11.8 Å². The quantitative estimate of drug-likeness (QED) is 0.760. The third-order valence-corrected chi connectivity index (χ3v) is 6.81. The van der Waals surface area contributed by atoms with E-state index in [1.165, 1.54) is 36.6 Å². The molecule has 3 rings (SSSR count). The first-order chi connectivity index (χ1) is 13.1. The van der Waals surface area contributed by atoms with E-state index < -0.39 is 0 Å². The number of carbonyl (C=O) groups is 2. The minimum atomic E-state index is -0.0274. The minimum Gasteiger partial charge on any atom is -0.342 e. The number of carbonyl (C=O) groups excluding carboxylic acids is 2. The van der Waals surface area contributed by atoms with Crippen molar-refractivity contribution in [3.63, 3.8) is 0 Å². The molecule has 0 aromatic heterocycles. The fourth-order valence-electron chi connectivity index (χ4n) is 4.18. The van der Waals surface area contributed by atoms with Crippen molar-refractivity contribution < 1.29 is 9.59 Å². The number of likely N-dealkylation sites (tertiary alicyclic amines) is 1. The Morgan fingerprint density at radius 1 is 1.11 bits per heavy atom. The average Bonchev–Trinajstić information content (AvgIpc) is 3.10. The third-order valence-electron chi connectivity index (χ3n) is 5.91. The maximum Gasteiger partial charge on any atom is 0.232 e. The van der Waals surface area contributed by atoms with Gasteiger partial charge in [-0.05, 0) is 18.4 Å². The first-order valence-corrected chi connectivity index (χ1v) is 11.1. The van der Waals surface area contributed by atoms with Gasteiger partial charge in [-0.2, -0.15) is 0 Å². The fourth-order valence-corrected chi connectivity index (χ4v) is 5.01. The van der Waals surface area contributed by atoms with Crippen molar-refractivity contribution >= 4 is 36.0 Å². The largest absolute Gasteiger partial charge is 0.342 e. The van der Waals surface area contributed by atoms with Crippen molar-refractivity contribution in [2.75, 3.05) is 31.6 Å². The maximum atomic E-state index is 12.5. The molecule has 1 saturated carbocycles. The summed E-state index contributed by atoms with van der Waals surface area (Å²) in [6.07, 6.45) is 5.93. The predicted octanol–water partition coefficient (Wildman–Crippen LogP) is 2.89. The number of benzene rings is 1. The minimum absolute atomic E-state index is 0. The summed E-state index contributed by atoms with van der Waals surface area (Å²) in [4.78, 5) is 28.7. The summed E-state index contributed by atoms with van der Waals surface area (Å²) < 4.78 is 0. The van der Waals surface area contributed by atoms with Crippen molar-refractivity contribution in [1.82, 2.24) is 9.80 Å². The second kappa shape index (κ2) is 11.1. The zero-order valence-electron chi connectivity index (χ0n) is 16.6. The highest BCUT2D eigenvalue weighted by Gasteiger charge is 2.33. The van der Waals surface area contributed by atoms with Crippen LogP contribution < -0.4 is 5.73 Å². The van der Waals surface area contributed by atoms with E-state index in [0.717, 1.165) is 12.8 Å². The second-order valence-corrected chi connectivity index (χ2v) is 8.75. The predicted molar refractivity (Wildman–Crippen MR) is 118 cm³/mol. The molecule has 0 unspecified atom stereocenters. The number of halogens is 1. The molecule has 0 radical (unpaired) electrons. The van der Waals surface area contributed by atoms with Crippen LogP contribution in [0.1, 0.15) is 43.6 Å². The Bertz CT molecular complexity index is 640. The molecule has 2 N–H and O–H groups in total. The van der Waals surface area contributed by atoms with Crippen molar-refractivity contribution in [3.05, 3.63) is 35.9 Å². The van der Waals surface area contributed by atoms with Gasteiger partial charge in [-0.3, -0.25) is 9.59 Å². The van der Waals surface area contributed by atoms with Crippen molar-refractivity contribution in [2.24, 2.45) is 5.73 Å². The topological polar surface area (TPSA) is 66.6 Å². The summed E-state index contributed by atoms with van der Waals surface area (Å²) in [7, 11) is 1.91. The van der Waals surface area contributed by atoms with E-state index in [2.05, 4.69) is 12.1 Å². The average molecular weight is 426 g/mol. The number of amides is 2. The Hall–Kier alpha value is -1.24. The van der Waals surface area contributed by atoms with Gasteiger partial charge in [-0.25, -0.2) is 0 Å². The number of hydrogen-bond acceptors (Lipinski definition) is 4. The SMILES string of the molecule is CN(C(=O)CSCC(=O)N1C[C@@H](N)[C@H](c2ccccc2)C1)C1CCCCC1.Cl. The van der Waals surface area contributed by atoms with Gasteiger partial charge in [0, 0.05) is 38.1 Å². The van der Waals surface area contributed by atoms with Gasteiger partial charge in [-0.1, -0.05) is 49.6 Å². The van der Waals surface area contributed by atoms with Crippen LogP contribution in [-0.2, 0) is 9.59 Å². The Morgan fingerprint density at radius 2 is 1.79 bits per heavy atom. The van der Waals surface area contributed by atoms with Gasteiger partial charge in [0.1, 0.15) is 0 Å².